The van der Waals surface area contributed by atoms with Gasteiger partial charge in [-0.25, -0.2) is 4.98 Å². The highest BCUT2D eigenvalue weighted by Gasteiger charge is 2.25. The van der Waals surface area contributed by atoms with E-state index in [0.29, 0.717) is 24.7 Å². The van der Waals surface area contributed by atoms with Gasteiger partial charge in [0.1, 0.15) is 5.82 Å². The maximum absolute atomic E-state index is 11.0. The molecule has 1 aromatic heterocycles. The summed E-state index contributed by atoms with van der Waals surface area (Å²) in [5.74, 6) is 1.16. The van der Waals surface area contributed by atoms with E-state index in [1.165, 1.54) is 0 Å². The zero-order chi connectivity index (χ0) is 15.4. The molecule has 2 heterocycles. The first-order valence-corrected chi connectivity index (χ1v) is 7.53. The average molecular weight is 292 g/mol. The molecule has 116 valence electrons. The Labute approximate surface area is 125 Å². The highest BCUT2D eigenvalue weighted by Crippen LogP contribution is 2.23. The Morgan fingerprint density at radius 2 is 2.10 bits per heavy atom. The van der Waals surface area contributed by atoms with E-state index < -0.39 is 5.97 Å². The van der Waals surface area contributed by atoms with Crippen molar-refractivity contribution in [2.24, 2.45) is 11.8 Å². The first-order chi connectivity index (χ1) is 9.95. The van der Waals surface area contributed by atoms with E-state index in [9.17, 15) is 4.79 Å². The van der Waals surface area contributed by atoms with E-state index >= 15 is 0 Å². The summed E-state index contributed by atoms with van der Waals surface area (Å²) in [7, 11) is 0. The molecule has 21 heavy (non-hydrogen) atoms. The zero-order valence-electron chi connectivity index (χ0n) is 13.0. The highest BCUT2D eigenvalue weighted by atomic mass is 16.4. The first-order valence-electron chi connectivity index (χ1n) is 7.53. The van der Waals surface area contributed by atoms with Gasteiger partial charge in [-0.05, 0) is 25.7 Å². The molecule has 1 aliphatic rings. The number of nitrogens with zero attached hydrogens (tertiary/aromatic N) is 3. The maximum atomic E-state index is 11.0. The molecule has 0 aliphatic carbocycles. The zero-order valence-corrected chi connectivity index (χ0v) is 13.0. The van der Waals surface area contributed by atoms with Crippen LogP contribution in [0.5, 0.6) is 0 Å². The quantitative estimate of drug-likeness (QED) is 0.866. The maximum Gasteiger partial charge on any atom is 0.306 e. The SMILES string of the molecule is Cc1cc(N2CCC(C(=O)O)CC2)nc(NCC(C)C)n1. The Bertz CT molecular complexity index is 496. The van der Waals surface area contributed by atoms with Crippen LogP contribution in [0, 0.1) is 18.8 Å². The Balaban J connectivity index is 2.04. The van der Waals surface area contributed by atoms with Crippen LogP contribution in [0.25, 0.3) is 0 Å². The summed E-state index contributed by atoms with van der Waals surface area (Å²) in [5.41, 5.74) is 0.923. The molecule has 0 atom stereocenters. The average Bonchev–Trinajstić information content (AvgIpc) is 2.44. The molecule has 0 bridgehead atoms. The monoisotopic (exact) mass is 292 g/mol. The van der Waals surface area contributed by atoms with Crippen LogP contribution in [0.4, 0.5) is 11.8 Å². The number of carboxylic acid groups (broad SMARTS) is 1. The van der Waals surface area contributed by atoms with Crippen LogP contribution >= 0.6 is 0 Å². The molecule has 0 radical (unpaired) electrons. The van der Waals surface area contributed by atoms with Gasteiger partial charge in [0.25, 0.3) is 0 Å². The largest absolute Gasteiger partial charge is 0.481 e. The van der Waals surface area contributed by atoms with Gasteiger partial charge in [-0.3, -0.25) is 4.79 Å². The van der Waals surface area contributed by atoms with Crippen molar-refractivity contribution in [3.8, 4) is 0 Å². The third-order valence-electron chi connectivity index (χ3n) is 3.68. The summed E-state index contributed by atoms with van der Waals surface area (Å²) < 4.78 is 0. The van der Waals surface area contributed by atoms with Crippen molar-refractivity contribution in [2.45, 2.75) is 33.6 Å². The van der Waals surface area contributed by atoms with Crippen LogP contribution in [0.15, 0.2) is 6.07 Å². The molecule has 0 aromatic carbocycles. The van der Waals surface area contributed by atoms with Gasteiger partial charge < -0.3 is 15.3 Å². The smallest absolute Gasteiger partial charge is 0.306 e. The van der Waals surface area contributed by atoms with E-state index in [1.54, 1.807) is 0 Å². The van der Waals surface area contributed by atoms with E-state index in [0.717, 1.165) is 31.1 Å². The molecule has 6 heteroatoms. The van der Waals surface area contributed by atoms with Gasteiger partial charge in [0.05, 0.1) is 5.92 Å². The second-order valence-electron chi connectivity index (χ2n) is 6.07. The minimum Gasteiger partial charge on any atom is -0.481 e. The Morgan fingerprint density at radius 1 is 1.43 bits per heavy atom. The fourth-order valence-electron chi connectivity index (χ4n) is 2.44. The lowest BCUT2D eigenvalue weighted by Gasteiger charge is -2.31. The second kappa shape index (κ2) is 6.74. The number of piperidine rings is 1. The van der Waals surface area contributed by atoms with E-state index in [1.807, 2.05) is 13.0 Å². The van der Waals surface area contributed by atoms with Crippen LogP contribution in [-0.2, 0) is 4.79 Å². The first kappa shape index (κ1) is 15.5. The Hall–Kier alpha value is -1.85. The number of hydrogen-bond acceptors (Lipinski definition) is 5. The summed E-state index contributed by atoms with van der Waals surface area (Å²) in [5, 5.41) is 12.3. The molecular weight excluding hydrogens is 268 g/mol. The van der Waals surface area contributed by atoms with Crippen LogP contribution in [0.1, 0.15) is 32.4 Å². The Kier molecular flexibility index (Phi) is 4.98. The third-order valence-corrected chi connectivity index (χ3v) is 3.68. The Morgan fingerprint density at radius 3 is 2.67 bits per heavy atom. The normalized spacial score (nSPS) is 16.3. The lowest BCUT2D eigenvalue weighted by atomic mass is 9.97. The minimum atomic E-state index is -0.687. The summed E-state index contributed by atoms with van der Waals surface area (Å²) in [4.78, 5) is 22.1. The molecule has 0 spiro atoms. The summed E-state index contributed by atoms with van der Waals surface area (Å²) in [6.07, 6.45) is 1.35. The minimum absolute atomic E-state index is 0.220. The molecule has 0 unspecified atom stereocenters. The van der Waals surface area contributed by atoms with Crippen molar-refractivity contribution < 1.29 is 9.90 Å². The third kappa shape index (κ3) is 4.31. The van der Waals surface area contributed by atoms with Crippen LogP contribution in [0.3, 0.4) is 0 Å². The fraction of sp³-hybridized carbons (Fsp3) is 0.667. The fourth-order valence-corrected chi connectivity index (χ4v) is 2.44. The molecular formula is C15H24N4O2. The molecule has 1 aliphatic heterocycles. The van der Waals surface area contributed by atoms with Crippen molar-refractivity contribution >= 4 is 17.7 Å². The van der Waals surface area contributed by atoms with E-state index in [-0.39, 0.29) is 5.92 Å². The van der Waals surface area contributed by atoms with Crippen molar-refractivity contribution in [2.75, 3.05) is 29.9 Å². The van der Waals surface area contributed by atoms with Crippen molar-refractivity contribution in [3.63, 3.8) is 0 Å². The number of aromatic nitrogens is 2. The van der Waals surface area contributed by atoms with Crippen LogP contribution < -0.4 is 10.2 Å². The van der Waals surface area contributed by atoms with Gasteiger partial charge in [0, 0.05) is 31.4 Å². The number of aliphatic carboxylic acids is 1. The van der Waals surface area contributed by atoms with Gasteiger partial charge in [-0.2, -0.15) is 4.98 Å². The van der Waals surface area contributed by atoms with Crippen LogP contribution in [0.2, 0.25) is 0 Å². The molecule has 0 saturated carbocycles. The topological polar surface area (TPSA) is 78.4 Å². The van der Waals surface area contributed by atoms with E-state index in [2.05, 4.69) is 34.0 Å². The van der Waals surface area contributed by atoms with Gasteiger partial charge in [0.15, 0.2) is 0 Å². The number of carboxylic acids is 1. The predicted molar refractivity (Wildman–Crippen MR) is 82.7 cm³/mol. The molecule has 1 fully saturated rings. The molecule has 1 saturated heterocycles. The molecule has 2 rings (SSSR count). The lowest BCUT2D eigenvalue weighted by Crippen LogP contribution is -2.37. The molecule has 1 aromatic rings. The number of hydrogen-bond donors (Lipinski definition) is 2. The highest BCUT2D eigenvalue weighted by molar-refractivity contribution is 5.70. The second-order valence-corrected chi connectivity index (χ2v) is 6.07. The molecule has 2 N–H and O–H groups in total. The van der Waals surface area contributed by atoms with Crippen molar-refractivity contribution in [1.29, 1.82) is 0 Å². The summed E-state index contributed by atoms with van der Waals surface area (Å²) >= 11 is 0. The number of nitrogens with one attached hydrogen (secondary N) is 1. The predicted octanol–water partition coefficient (Wildman–Crippen LogP) is 2.15. The summed E-state index contributed by atoms with van der Waals surface area (Å²) in [6, 6.07) is 1.96. The number of aryl methyl sites for hydroxylation is 1. The van der Waals surface area contributed by atoms with E-state index in [4.69, 9.17) is 5.11 Å². The van der Waals surface area contributed by atoms with Crippen LogP contribution in [-0.4, -0.2) is 40.7 Å². The number of carbonyl (C=O) groups is 1. The standard InChI is InChI=1S/C15H24N4O2/c1-10(2)9-16-15-17-11(3)8-13(18-15)19-6-4-12(5-7-19)14(20)21/h8,10,12H,4-7,9H2,1-3H3,(H,20,21)(H,16,17,18). The number of anilines is 2. The lowest BCUT2D eigenvalue weighted by molar-refractivity contribution is -0.142. The van der Waals surface area contributed by atoms with Gasteiger partial charge >= 0.3 is 5.97 Å². The van der Waals surface area contributed by atoms with Crippen molar-refractivity contribution in [3.05, 3.63) is 11.8 Å². The van der Waals surface area contributed by atoms with Gasteiger partial charge in [0.2, 0.25) is 5.95 Å². The molecule has 0 amide bonds. The molecule has 6 nitrogen and oxygen atoms in total. The van der Waals surface area contributed by atoms with Gasteiger partial charge in [-0.15, -0.1) is 0 Å². The van der Waals surface area contributed by atoms with Crippen molar-refractivity contribution in [1.82, 2.24) is 9.97 Å². The number of rotatable bonds is 5. The van der Waals surface area contributed by atoms with Gasteiger partial charge in [-0.1, -0.05) is 13.8 Å². The summed E-state index contributed by atoms with van der Waals surface area (Å²) in [6.45, 7) is 8.54.